The highest BCUT2D eigenvalue weighted by Crippen LogP contribution is 2.62. The second kappa shape index (κ2) is 9.56. The molecule has 180 valence electrons. The Morgan fingerprint density at radius 1 is 1.15 bits per heavy atom. The lowest BCUT2D eigenvalue weighted by atomic mass is 9.54. The fourth-order valence-electron chi connectivity index (χ4n) is 7.42. The molecular weight excluding hydrogens is 422 g/mol. The van der Waals surface area contributed by atoms with Crippen molar-refractivity contribution in [2.24, 2.45) is 23.2 Å². The molecule has 0 aliphatic heterocycles. The molecule has 4 nitrogen and oxygen atoms in total. The van der Waals surface area contributed by atoms with Crippen molar-refractivity contribution >= 4 is 11.7 Å². The van der Waals surface area contributed by atoms with Crippen molar-refractivity contribution in [1.82, 2.24) is 5.32 Å². The minimum absolute atomic E-state index is 0.109. The molecule has 3 aliphatic rings. The molecule has 5 atom stereocenters. The van der Waals surface area contributed by atoms with Crippen LogP contribution in [0.25, 0.3) is 0 Å². The van der Waals surface area contributed by atoms with Gasteiger partial charge in [-0.15, -0.1) is 0 Å². The van der Waals surface area contributed by atoms with Gasteiger partial charge in [-0.05, 0) is 91.0 Å². The third-order valence-corrected chi connectivity index (χ3v) is 9.09. The van der Waals surface area contributed by atoms with E-state index in [-0.39, 0.29) is 11.3 Å². The summed E-state index contributed by atoms with van der Waals surface area (Å²) in [6.45, 7) is 2.82. The maximum absolute atomic E-state index is 13.2. The number of fused-ring (bicyclic) bond motifs is 5. The minimum Gasteiger partial charge on any atom is -0.497 e. The number of rotatable bonds is 7. The van der Waals surface area contributed by atoms with Crippen LogP contribution in [0.15, 0.2) is 48.5 Å². The molecule has 2 saturated carbocycles. The van der Waals surface area contributed by atoms with Crippen molar-refractivity contribution in [3.63, 3.8) is 0 Å². The maximum atomic E-state index is 13.2. The van der Waals surface area contributed by atoms with E-state index in [1.54, 1.807) is 7.11 Å². The van der Waals surface area contributed by atoms with Gasteiger partial charge in [0.2, 0.25) is 5.91 Å². The minimum atomic E-state index is -0.175. The van der Waals surface area contributed by atoms with Crippen LogP contribution >= 0.6 is 0 Å². The summed E-state index contributed by atoms with van der Waals surface area (Å²) in [6, 6.07) is 16.6. The number of benzene rings is 2. The lowest BCUT2D eigenvalue weighted by Crippen LogP contribution is -2.44. The van der Waals surface area contributed by atoms with Crippen LogP contribution in [0.2, 0.25) is 0 Å². The van der Waals surface area contributed by atoms with E-state index in [1.807, 2.05) is 30.3 Å². The van der Waals surface area contributed by atoms with Crippen molar-refractivity contribution in [2.75, 3.05) is 7.11 Å². The Bertz CT molecular complexity index is 1050. The van der Waals surface area contributed by atoms with E-state index >= 15 is 0 Å². The van der Waals surface area contributed by atoms with Crippen LogP contribution < -0.4 is 10.1 Å². The fraction of sp³-hybridized carbons (Fsp3) is 0.533. The highest BCUT2D eigenvalue weighted by molar-refractivity contribution is 5.87. The number of ketones is 1. The molecule has 0 radical (unpaired) electrons. The molecule has 0 aromatic heterocycles. The van der Waals surface area contributed by atoms with Gasteiger partial charge < -0.3 is 10.1 Å². The molecule has 2 aromatic carbocycles. The number of hydrogen-bond donors (Lipinski definition) is 1. The van der Waals surface area contributed by atoms with E-state index in [0.29, 0.717) is 48.8 Å². The number of aryl methyl sites for hydroxylation is 1. The average molecular weight is 460 g/mol. The Labute approximate surface area is 203 Å². The van der Waals surface area contributed by atoms with Gasteiger partial charge >= 0.3 is 0 Å². The quantitative estimate of drug-likeness (QED) is 0.566. The first-order valence-electron chi connectivity index (χ1n) is 13.0. The number of ether oxygens (including phenoxy) is 1. The molecule has 1 amide bonds. The largest absolute Gasteiger partial charge is 0.497 e. The molecule has 0 saturated heterocycles. The highest BCUT2D eigenvalue weighted by atomic mass is 16.5. The Balaban J connectivity index is 1.23. The van der Waals surface area contributed by atoms with E-state index in [0.717, 1.165) is 49.8 Å². The van der Waals surface area contributed by atoms with Gasteiger partial charge in [-0.25, -0.2) is 0 Å². The molecule has 2 aromatic rings. The smallest absolute Gasteiger partial charge is 0.220 e. The number of nitrogens with one attached hydrogen (secondary N) is 1. The normalized spacial score (nSPS) is 29.6. The van der Waals surface area contributed by atoms with Crippen molar-refractivity contribution in [3.8, 4) is 5.75 Å². The SMILES string of the molecule is COc1ccc2c(c1)CC[C@H]1[C@@H]3[C@H](CCCC(=O)NCc4ccccc4)CC(=O)[C@@]3(C)CC[C@H]21. The van der Waals surface area contributed by atoms with Crippen LogP contribution in [-0.4, -0.2) is 18.8 Å². The Hall–Kier alpha value is -2.62. The third kappa shape index (κ3) is 4.28. The molecular formula is C30H37NO3. The van der Waals surface area contributed by atoms with E-state index in [9.17, 15) is 9.59 Å². The highest BCUT2D eigenvalue weighted by Gasteiger charge is 2.58. The lowest BCUT2D eigenvalue weighted by Gasteiger charge is -2.50. The number of carbonyl (C=O) groups is 2. The molecule has 5 rings (SSSR count). The lowest BCUT2D eigenvalue weighted by molar-refractivity contribution is -0.129. The standard InChI is InChI=1S/C30H37NO3/c1-30-16-15-25-24-14-12-23(34-2)17-21(24)11-13-26(25)29(30)22(18-27(30)32)9-6-10-28(33)31-19-20-7-4-3-5-8-20/h3-5,7-8,12,14,17,22,25-26,29H,6,9-11,13,15-16,18-19H2,1-2H3,(H,31,33)/t22-,25-,26-,29+,30-/m1/s1. The number of methoxy groups -OCH3 is 1. The summed E-state index contributed by atoms with van der Waals surface area (Å²) in [7, 11) is 1.73. The summed E-state index contributed by atoms with van der Waals surface area (Å²) in [5.74, 6) is 3.50. The van der Waals surface area contributed by atoms with Gasteiger partial charge in [-0.2, -0.15) is 0 Å². The predicted octanol–water partition coefficient (Wildman–Crippen LogP) is 5.83. The van der Waals surface area contributed by atoms with Gasteiger partial charge in [0.05, 0.1) is 7.11 Å². The molecule has 3 aliphatic carbocycles. The fourth-order valence-corrected chi connectivity index (χ4v) is 7.42. The second-order valence-electron chi connectivity index (χ2n) is 10.9. The van der Waals surface area contributed by atoms with Crippen LogP contribution in [0.1, 0.15) is 74.5 Å². The number of carbonyl (C=O) groups excluding carboxylic acids is 2. The Morgan fingerprint density at radius 3 is 2.76 bits per heavy atom. The van der Waals surface area contributed by atoms with E-state index < -0.39 is 0 Å². The first kappa shape index (κ1) is 23.1. The zero-order valence-electron chi connectivity index (χ0n) is 20.5. The molecule has 4 heteroatoms. The van der Waals surface area contributed by atoms with E-state index in [2.05, 4.69) is 30.4 Å². The molecule has 1 N–H and O–H groups in total. The average Bonchev–Trinajstić information content (AvgIpc) is 3.12. The van der Waals surface area contributed by atoms with Gasteiger partial charge in [-0.1, -0.05) is 43.3 Å². The molecule has 2 fully saturated rings. The maximum Gasteiger partial charge on any atom is 0.220 e. The molecule has 34 heavy (non-hydrogen) atoms. The number of amides is 1. The van der Waals surface area contributed by atoms with Gasteiger partial charge in [0, 0.05) is 24.8 Å². The molecule has 0 bridgehead atoms. The zero-order chi connectivity index (χ0) is 23.7. The first-order valence-corrected chi connectivity index (χ1v) is 13.0. The Kier molecular flexibility index (Phi) is 6.50. The molecule has 0 unspecified atom stereocenters. The molecule has 0 heterocycles. The van der Waals surface area contributed by atoms with Crippen molar-refractivity contribution in [1.29, 1.82) is 0 Å². The first-order chi connectivity index (χ1) is 16.5. The van der Waals surface area contributed by atoms with Crippen LogP contribution in [-0.2, 0) is 22.6 Å². The topological polar surface area (TPSA) is 55.4 Å². The summed E-state index contributed by atoms with van der Waals surface area (Å²) in [4.78, 5) is 25.6. The Morgan fingerprint density at radius 2 is 1.97 bits per heavy atom. The zero-order valence-corrected chi connectivity index (χ0v) is 20.5. The van der Waals surface area contributed by atoms with Gasteiger partial charge in [-0.3, -0.25) is 9.59 Å². The number of hydrogen-bond acceptors (Lipinski definition) is 3. The van der Waals surface area contributed by atoms with E-state index in [1.165, 1.54) is 11.1 Å². The summed E-state index contributed by atoms with van der Waals surface area (Å²) in [6.07, 6.45) is 7.41. The summed E-state index contributed by atoms with van der Waals surface area (Å²) in [5.41, 5.74) is 3.86. The van der Waals surface area contributed by atoms with E-state index in [4.69, 9.17) is 4.74 Å². The van der Waals surface area contributed by atoms with Crippen molar-refractivity contribution < 1.29 is 14.3 Å². The number of Topliss-reactive ketones (excluding diaryl/α,β-unsaturated/α-hetero) is 1. The third-order valence-electron chi connectivity index (χ3n) is 9.09. The molecule has 0 spiro atoms. The van der Waals surface area contributed by atoms with Crippen LogP contribution in [0.3, 0.4) is 0 Å². The predicted molar refractivity (Wildman–Crippen MR) is 134 cm³/mol. The van der Waals surface area contributed by atoms with Crippen LogP contribution in [0, 0.1) is 23.2 Å². The van der Waals surface area contributed by atoms with Crippen LogP contribution in [0.4, 0.5) is 0 Å². The van der Waals surface area contributed by atoms with Crippen molar-refractivity contribution in [3.05, 3.63) is 65.2 Å². The van der Waals surface area contributed by atoms with Gasteiger partial charge in [0.1, 0.15) is 11.5 Å². The summed E-state index contributed by atoms with van der Waals surface area (Å²) >= 11 is 0. The van der Waals surface area contributed by atoms with Gasteiger partial charge in [0.25, 0.3) is 0 Å². The summed E-state index contributed by atoms with van der Waals surface area (Å²) < 4.78 is 5.46. The summed E-state index contributed by atoms with van der Waals surface area (Å²) in [5, 5.41) is 3.05. The van der Waals surface area contributed by atoms with Crippen LogP contribution in [0.5, 0.6) is 5.75 Å². The monoisotopic (exact) mass is 459 g/mol. The second-order valence-corrected chi connectivity index (χ2v) is 10.9. The van der Waals surface area contributed by atoms with Crippen molar-refractivity contribution in [2.45, 2.75) is 70.8 Å². The van der Waals surface area contributed by atoms with Gasteiger partial charge in [0.15, 0.2) is 0 Å².